The van der Waals surface area contributed by atoms with E-state index in [9.17, 15) is 28.0 Å². The minimum atomic E-state index is -1.30. The number of imide groups is 1. The Hall–Kier alpha value is -4.15. The van der Waals surface area contributed by atoms with Gasteiger partial charge in [-0.2, -0.15) is 5.10 Å². The smallest absolute Gasteiger partial charge is 0.325 e. The van der Waals surface area contributed by atoms with E-state index in [0.29, 0.717) is 5.56 Å². The molecule has 2 atom stereocenters. The summed E-state index contributed by atoms with van der Waals surface area (Å²) in [5.74, 6) is -1.87. The van der Waals surface area contributed by atoms with Gasteiger partial charge in [-0.25, -0.2) is 18.7 Å². The van der Waals surface area contributed by atoms with Crippen LogP contribution in [0.25, 0.3) is 10.8 Å². The van der Waals surface area contributed by atoms with Crippen molar-refractivity contribution >= 4 is 34.2 Å². The molecular formula is C22H15F2N5O4. The van der Waals surface area contributed by atoms with Crippen molar-refractivity contribution in [3.05, 3.63) is 69.6 Å². The minimum absolute atomic E-state index is 0.00523. The predicted octanol–water partition coefficient (Wildman–Crippen LogP) is 2.06. The summed E-state index contributed by atoms with van der Waals surface area (Å²) in [6.45, 7) is 0. The number of hydrogen-bond acceptors (Lipinski definition) is 6. The number of ketones is 1. The van der Waals surface area contributed by atoms with Crippen LogP contribution in [0.2, 0.25) is 0 Å². The molecule has 11 heteroatoms. The lowest BCUT2D eigenvalue weighted by atomic mass is 9.75. The molecule has 2 unspecified atom stereocenters. The van der Waals surface area contributed by atoms with Crippen molar-refractivity contribution in [3.8, 4) is 0 Å². The summed E-state index contributed by atoms with van der Waals surface area (Å²) in [7, 11) is 0. The Balaban J connectivity index is 1.58. The molecule has 1 saturated heterocycles. The Labute approximate surface area is 183 Å². The fourth-order valence-corrected chi connectivity index (χ4v) is 4.98. The summed E-state index contributed by atoms with van der Waals surface area (Å²) in [5.41, 5.74) is -0.993. The van der Waals surface area contributed by atoms with Gasteiger partial charge < -0.3 is 10.6 Å². The second-order valence-corrected chi connectivity index (χ2v) is 8.51. The molecule has 0 bridgehead atoms. The summed E-state index contributed by atoms with van der Waals surface area (Å²) in [6, 6.07) is 5.06. The largest absolute Gasteiger partial charge is 0.375 e. The van der Waals surface area contributed by atoms with Gasteiger partial charge in [-0.3, -0.25) is 19.3 Å². The summed E-state index contributed by atoms with van der Waals surface area (Å²) in [4.78, 5) is 51.4. The van der Waals surface area contributed by atoms with Gasteiger partial charge >= 0.3 is 6.03 Å². The molecule has 6 rings (SSSR count). The van der Waals surface area contributed by atoms with Crippen molar-refractivity contribution in [2.75, 3.05) is 5.32 Å². The average Bonchev–Trinajstić information content (AvgIpc) is 3.00. The van der Waals surface area contributed by atoms with Crippen LogP contribution in [0.5, 0.6) is 0 Å². The van der Waals surface area contributed by atoms with Gasteiger partial charge in [0.2, 0.25) is 0 Å². The first-order valence-corrected chi connectivity index (χ1v) is 10.2. The number of H-pyrrole nitrogens is 1. The number of aromatic nitrogens is 2. The molecule has 0 radical (unpaired) electrons. The van der Waals surface area contributed by atoms with E-state index >= 15 is 0 Å². The van der Waals surface area contributed by atoms with Crippen molar-refractivity contribution in [2.45, 2.75) is 30.5 Å². The molecule has 9 nitrogen and oxygen atoms in total. The van der Waals surface area contributed by atoms with E-state index in [2.05, 4.69) is 20.8 Å². The SMILES string of the molecule is O=C1CC2(C1)NC(=O)N(C1c3n[nH]c(=O)c4cc(F)cc(c34)NC1c1ccc(F)cc1)C2=O. The quantitative estimate of drug-likeness (QED) is 0.513. The maximum absolute atomic E-state index is 14.3. The Kier molecular flexibility index (Phi) is 3.81. The Morgan fingerprint density at radius 3 is 2.42 bits per heavy atom. The van der Waals surface area contributed by atoms with E-state index < -0.39 is 46.8 Å². The molecule has 1 aromatic heterocycles. The van der Waals surface area contributed by atoms with Gasteiger partial charge in [-0.1, -0.05) is 12.1 Å². The number of carbonyl (C=O) groups excluding carboxylic acids is 3. The lowest BCUT2D eigenvalue weighted by Gasteiger charge is -2.39. The number of Topliss-reactive ketones (excluding diaryl/α,β-unsaturated/α-hetero) is 1. The van der Waals surface area contributed by atoms with Crippen LogP contribution < -0.4 is 16.2 Å². The topological polar surface area (TPSA) is 124 Å². The van der Waals surface area contributed by atoms with Gasteiger partial charge in [0.15, 0.2) is 0 Å². The van der Waals surface area contributed by atoms with E-state index in [0.717, 1.165) is 11.0 Å². The molecule has 2 fully saturated rings. The van der Waals surface area contributed by atoms with Gasteiger partial charge in [0.25, 0.3) is 11.5 Å². The van der Waals surface area contributed by atoms with E-state index in [4.69, 9.17) is 0 Å². The molecule has 33 heavy (non-hydrogen) atoms. The second-order valence-electron chi connectivity index (χ2n) is 8.51. The van der Waals surface area contributed by atoms with Gasteiger partial charge in [-0.15, -0.1) is 0 Å². The van der Waals surface area contributed by atoms with Gasteiger partial charge in [0.1, 0.15) is 29.0 Å². The van der Waals surface area contributed by atoms with Crippen LogP contribution in [-0.2, 0) is 9.59 Å². The summed E-state index contributed by atoms with van der Waals surface area (Å²) in [6.07, 6.45) is -0.211. The maximum Gasteiger partial charge on any atom is 0.325 e. The lowest BCUT2D eigenvalue weighted by Crippen LogP contribution is -2.57. The number of anilines is 1. The third-order valence-electron chi connectivity index (χ3n) is 6.49. The molecule has 1 aliphatic carbocycles. The highest BCUT2D eigenvalue weighted by molar-refractivity contribution is 6.15. The number of nitrogens with one attached hydrogen (secondary N) is 3. The third-order valence-corrected chi connectivity index (χ3v) is 6.49. The number of benzene rings is 2. The molecule has 3 aromatic rings. The molecule has 166 valence electrons. The molecule has 1 spiro atoms. The van der Waals surface area contributed by atoms with E-state index in [1.165, 1.54) is 30.3 Å². The van der Waals surface area contributed by atoms with E-state index in [-0.39, 0.29) is 40.8 Å². The van der Waals surface area contributed by atoms with Crippen molar-refractivity contribution in [2.24, 2.45) is 0 Å². The standard InChI is InChI=1S/C22H15F2N5O4/c23-10-3-1-9(2-4-10)16-18(29-20(32)22(26-21(29)33)7-12(30)8-22)17-15-13(19(31)28-27-17)5-11(24)6-14(15)25-16/h1-6,16,18,25H,7-8H2,(H,26,33)(H,28,31). The van der Waals surface area contributed by atoms with Crippen LogP contribution >= 0.6 is 0 Å². The van der Waals surface area contributed by atoms with Crippen molar-refractivity contribution in [1.29, 1.82) is 0 Å². The van der Waals surface area contributed by atoms with Crippen LogP contribution in [0.3, 0.4) is 0 Å². The number of urea groups is 1. The molecule has 1 saturated carbocycles. The molecule has 3 N–H and O–H groups in total. The van der Waals surface area contributed by atoms with Crippen molar-refractivity contribution < 1.29 is 23.2 Å². The number of aromatic amines is 1. The summed E-state index contributed by atoms with van der Waals surface area (Å²) >= 11 is 0. The van der Waals surface area contributed by atoms with Gasteiger partial charge in [-0.05, 0) is 29.8 Å². The first kappa shape index (κ1) is 19.5. The van der Waals surface area contributed by atoms with Crippen LogP contribution in [-0.4, -0.2) is 38.4 Å². The number of rotatable bonds is 2. The van der Waals surface area contributed by atoms with E-state index in [1.54, 1.807) is 0 Å². The zero-order chi connectivity index (χ0) is 23.1. The number of carbonyl (C=O) groups is 3. The number of nitrogens with zero attached hydrogens (tertiary/aromatic N) is 2. The second kappa shape index (κ2) is 6.44. The summed E-state index contributed by atoms with van der Waals surface area (Å²) < 4.78 is 27.9. The summed E-state index contributed by atoms with van der Waals surface area (Å²) in [5, 5.41) is 12.5. The predicted molar refractivity (Wildman–Crippen MR) is 110 cm³/mol. The Morgan fingerprint density at radius 1 is 1.00 bits per heavy atom. The average molecular weight is 451 g/mol. The van der Waals surface area contributed by atoms with Crippen LogP contribution in [0.1, 0.15) is 36.2 Å². The van der Waals surface area contributed by atoms with Crippen LogP contribution in [0.4, 0.5) is 19.3 Å². The molecule has 2 aliphatic heterocycles. The fourth-order valence-electron chi connectivity index (χ4n) is 4.98. The first-order valence-electron chi connectivity index (χ1n) is 10.2. The van der Waals surface area contributed by atoms with Crippen LogP contribution in [0.15, 0.2) is 41.2 Å². The zero-order valence-electron chi connectivity index (χ0n) is 16.8. The number of halogens is 2. The monoisotopic (exact) mass is 451 g/mol. The van der Waals surface area contributed by atoms with E-state index in [1.807, 2.05) is 0 Å². The minimum Gasteiger partial charge on any atom is -0.375 e. The Bertz CT molecular complexity index is 1440. The number of amides is 3. The van der Waals surface area contributed by atoms with Gasteiger partial charge in [0, 0.05) is 23.9 Å². The highest BCUT2D eigenvalue weighted by Gasteiger charge is 2.61. The molecule has 3 heterocycles. The maximum atomic E-state index is 14.3. The normalized spacial score (nSPS) is 23.0. The molecular weight excluding hydrogens is 436 g/mol. The molecule has 2 aromatic carbocycles. The van der Waals surface area contributed by atoms with Crippen molar-refractivity contribution in [1.82, 2.24) is 20.4 Å². The fraction of sp³-hybridized carbons (Fsp3) is 0.227. The molecule has 3 aliphatic rings. The highest BCUT2D eigenvalue weighted by Crippen LogP contribution is 2.48. The first-order chi connectivity index (χ1) is 15.8. The van der Waals surface area contributed by atoms with Crippen LogP contribution in [0, 0.1) is 11.6 Å². The highest BCUT2D eigenvalue weighted by atomic mass is 19.1. The van der Waals surface area contributed by atoms with Crippen molar-refractivity contribution in [3.63, 3.8) is 0 Å². The zero-order valence-corrected chi connectivity index (χ0v) is 16.8. The molecule has 3 amide bonds. The Morgan fingerprint density at radius 2 is 1.73 bits per heavy atom. The van der Waals surface area contributed by atoms with Gasteiger partial charge in [0.05, 0.1) is 17.1 Å². The third kappa shape index (κ3) is 2.65. The number of hydrogen-bond donors (Lipinski definition) is 3. The lowest BCUT2D eigenvalue weighted by molar-refractivity contribution is -0.144.